The van der Waals surface area contributed by atoms with Crippen molar-refractivity contribution in [2.24, 2.45) is 0 Å². The summed E-state index contributed by atoms with van der Waals surface area (Å²) in [5.74, 6) is 0.602. The monoisotopic (exact) mass is 240 g/mol. The van der Waals surface area contributed by atoms with E-state index < -0.39 is 0 Å². The summed E-state index contributed by atoms with van der Waals surface area (Å²) in [4.78, 5) is 17.1. The van der Waals surface area contributed by atoms with Crippen molar-refractivity contribution in [2.45, 2.75) is 19.4 Å². The Kier molecular flexibility index (Phi) is 3.29. The molecule has 0 bridgehead atoms. The molecular formula is C11H13ClN2O2. The predicted molar refractivity (Wildman–Crippen MR) is 60.5 cm³/mol. The van der Waals surface area contributed by atoms with E-state index in [9.17, 15) is 4.79 Å². The van der Waals surface area contributed by atoms with Gasteiger partial charge in [0.25, 0.3) is 0 Å². The highest BCUT2D eigenvalue weighted by Gasteiger charge is 2.31. The van der Waals surface area contributed by atoms with Crippen LogP contribution in [0.5, 0.6) is 5.88 Å². The van der Waals surface area contributed by atoms with Crippen molar-refractivity contribution in [1.82, 2.24) is 9.88 Å². The highest BCUT2D eigenvalue weighted by molar-refractivity contribution is 6.31. The Morgan fingerprint density at radius 1 is 1.69 bits per heavy atom. The average molecular weight is 241 g/mol. The van der Waals surface area contributed by atoms with Crippen molar-refractivity contribution in [2.75, 3.05) is 13.1 Å². The van der Waals surface area contributed by atoms with Crippen LogP contribution >= 0.6 is 11.6 Å². The third-order valence-corrected chi connectivity index (χ3v) is 2.79. The Labute approximate surface area is 99.2 Å². The quantitative estimate of drug-likeness (QED) is 0.808. The smallest absolute Gasteiger partial charge is 0.232 e. The fourth-order valence-electron chi connectivity index (χ4n) is 1.56. The van der Waals surface area contributed by atoms with Gasteiger partial charge in [0, 0.05) is 12.6 Å². The summed E-state index contributed by atoms with van der Waals surface area (Å²) in [6.07, 6.45) is 2.19. The van der Waals surface area contributed by atoms with Gasteiger partial charge in [0.05, 0.1) is 13.1 Å². The van der Waals surface area contributed by atoms with Gasteiger partial charge in [-0.25, -0.2) is 4.98 Å². The van der Waals surface area contributed by atoms with Crippen molar-refractivity contribution in [3.05, 3.63) is 23.4 Å². The van der Waals surface area contributed by atoms with Crippen molar-refractivity contribution in [3.8, 4) is 5.88 Å². The molecule has 1 fully saturated rings. The van der Waals surface area contributed by atoms with Gasteiger partial charge in [0.15, 0.2) is 0 Å². The molecule has 0 spiro atoms. The number of carbonyl (C=O) groups is 1. The van der Waals surface area contributed by atoms with Gasteiger partial charge in [-0.1, -0.05) is 18.5 Å². The molecular weight excluding hydrogens is 228 g/mol. The summed E-state index contributed by atoms with van der Waals surface area (Å²) in [5.41, 5.74) is 0. The largest absolute Gasteiger partial charge is 0.470 e. The Bertz CT molecular complexity index is 391. The predicted octanol–water partition coefficient (Wildman–Crippen LogP) is 1.73. The van der Waals surface area contributed by atoms with E-state index >= 15 is 0 Å². The van der Waals surface area contributed by atoms with E-state index in [-0.39, 0.29) is 12.0 Å². The van der Waals surface area contributed by atoms with Gasteiger partial charge in [0.2, 0.25) is 11.8 Å². The number of ether oxygens (including phenoxy) is 1. The van der Waals surface area contributed by atoms with Gasteiger partial charge < -0.3 is 9.64 Å². The van der Waals surface area contributed by atoms with Crippen LogP contribution in [0.15, 0.2) is 18.3 Å². The molecule has 1 aliphatic heterocycles. The first kappa shape index (κ1) is 11.2. The summed E-state index contributed by atoms with van der Waals surface area (Å²) in [6, 6.07) is 3.49. The summed E-state index contributed by atoms with van der Waals surface area (Å²) >= 11 is 5.91. The number of hydrogen-bond acceptors (Lipinski definition) is 3. The van der Waals surface area contributed by atoms with E-state index in [2.05, 4.69) is 4.98 Å². The SMILES string of the molecule is CCC(=O)N1CC(Oc2ncccc2Cl)C1. The molecule has 1 saturated heterocycles. The summed E-state index contributed by atoms with van der Waals surface area (Å²) < 4.78 is 5.57. The van der Waals surface area contributed by atoms with Crippen LogP contribution in [0.1, 0.15) is 13.3 Å². The van der Waals surface area contributed by atoms with E-state index in [0.717, 1.165) is 0 Å². The second-order valence-electron chi connectivity index (χ2n) is 3.68. The molecule has 2 rings (SSSR count). The van der Waals surface area contributed by atoms with Crippen LogP contribution in [-0.4, -0.2) is 35.0 Å². The normalized spacial score (nSPS) is 15.8. The van der Waals surface area contributed by atoms with Crippen molar-refractivity contribution >= 4 is 17.5 Å². The highest BCUT2D eigenvalue weighted by atomic mass is 35.5. The number of hydrogen-bond donors (Lipinski definition) is 0. The van der Waals surface area contributed by atoms with Crippen molar-refractivity contribution in [1.29, 1.82) is 0 Å². The highest BCUT2D eigenvalue weighted by Crippen LogP contribution is 2.23. The first-order valence-electron chi connectivity index (χ1n) is 5.25. The zero-order valence-corrected chi connectivity index (χ0v) is 9.78. The fourth-order valence-corrected chi connectivity index (χ4v) is 1.72. The van der Waals surface area contributed by atoms with Gasteiger partial charge in [-0.3, -0.25) is 4.79 Å². The number of halogens is 1. The molecule has 0 aromatic carbocycles. The van der Waals surface area contributed by atoms with Crippen LogP contribution in [0.2, 0.25) is 5.02 Å². The summed E-state index contributed by atoms with van der Waals surface area (Å²) in [6.45, 7) is 3.10. The molecule has 1 aromatic heterocycles. The minimum Gasteiger partial charge on any atom is -0.470 e. The number of nitrogens with zero attached hydrogens (tertiary/aromatic N) is 2. The maximum atomic E-state index is 11.3. The van der Waals surface area contributed by atoms with Crippen LogP contribution in [0.3, 0.4) is 0 Å². The lowest BCUT2D eigenvalue weighted by molar-refractivity contribution is -0.139. The maximum absolute atomic E-state index is 11.3. The van der Waals surface area contributed by atoms with Crippen LogP contribution in [0.25, 0.3) is 0 Å². The van der Waals surface area contributed by atoms with E-state index in [4.69, 9.17) is 16.3 Å². The molecule has 0 N–H and O–H groups in total. The maximum Gasteiger partial charge on any atom is 0.232 e. The molecule has 0 radical (unpaired) electrons. The van der Waals surface area contributed by atoms with Gasteiger partial charge in [-0.2, -0.15) is 0 Å². The molecule has 2 heterocycles. The number of carbonyl (C=O) groups excluding carboxylic acids is 1. The minimum absolute atomic E-state index is 0.0166. The lowest BCUT2D eigenvalue weighted by atomic mass is 10.1. The first-order chi connectivity index (χ1) is 7.70. The van der Waals surface area contributed by atoms with Gasteiger partial charge in [-0.05, 0) is 12.1 Å². The standard InChI is InChI=1S/C11H13ClN2O2/c1-2-10(15)14-6-8(7-14)16-11-9(12)4-3-5-13-11/h3-5,8H,2,6-7H2,1H3. The number of aromatic nitrogens is 1. The first-order valence-corrected chi connectivity index (χ1v) is 5.63. The molecule has 1 aliphatic rings. The molecule has 1 aromatic rings. The van der Waals surface area contributed by atoms with Crippen LogP contribution in [0.4, 0.5) is 0 Å². The number of likely N-dealkylation sites (tertiary alicyclic amines) is 1. The van der Waals surface area contributed by atoms with Crippen LogP contribution < -0.4 is 4.74 Å². The second kappa shape index (κ2) is 4.70. The molecule has 1 amide bonds. The van der Waals surface area contributed by atoms with Crippen molar-refractivity contribution < 1.29 is 9.53 Å². The third kappa shape index (κ3) is 2.27. The Balaban J connectivity index is 1.86. The topological polar surface area (TPSA) is 42.4 Å². The minimum atomic E-state index is 0.0166. The zero-order valence-electron chi connectivity index (χ0n) is 9.02. The van der Waals surface area contributed by atoms with E-state index in [1.54, 1.807) is 23.2 Å². The molecule has 0 saturated carbocycles. The van der Waals surface area contributed by atoms with E-state index in [1.165, 1.54) is 0 Å². The Morgan fingerprint density at radius 2 is 2.44 bits per heavy atom. The van der Waals surface area contributed by atoms with E-state index in [0.29, 0.717) is 30.4 Å². The van der Waals surface area contributed by atoms with Gasteiger partial charge in [0.1, 0.15) is 11.1 Å². The molecule has 0 aliphatic carbocycles. The Morgan fingerprint density at radius 3 is 3.06 bits per heavy atom. The second-order valence-corrected chi connectivity index (χ2v) is 4.09. The Hall–Kier alpha value is -1.29. The van der Waals surface area contributed by atoms with Crippen LogP contribution in [0, 0.1) is 0 Å². The lowest BCUT2D eigenvalue weighted by Crippen LogP contribution is -2.56. The average Bonchev–Trinajstić information content (AvgIpc) is 2.24. The lowest BCUT2D eigenvalue weighted by Gasteiger charge is -2.38. The number of rotatable bonds is 3. The van der Waals surface area contributed by atoms with Gasteiger partial charge in [-0.15, -0.1) is 0 Å². The zero-order chi connectivity index (χ0) is 11.5. The van der Waals surface area contributed by atoms with Crippen LogP contribution in [-0.2, 0) is 4.79 Å². The fraction of sp³-hybridized carbons (Fsp3) is 0.455. The summed E-state index contributed by atoms with van der Waals surface area (Å²) in [5, 5.41) is 0.503. The molecule has 4 nitrogen and oxygen atoms in total. The number of pyridine rings is 1. The molecule has 5 heteroatoms. The molecule has 0 atom stereocenters. The molecule has 0 unspecified atom stereocenters. The molecule has 16 heavy (non-hydrogen) atoms. The summed E-state index contributed by atoms with van der Waals surface area (Å²) in [7, 11) is 0. The third-order valence-electron chi connectivity index (χ3n) is 2.51. The number of amides is 1. The van der Waals surface area contributed by atoms with E-state index in [1.807, 2.05) is 6.92 Å². The van der Waals surface area contributed by atoms with Crippen molar-refractivity contribution in [3.63, 3.8) is 0 Å². The molecule has 86 valence electrons. The van der Waals surface area contributed by atoms with Gasteiger partial charge >= 0.3 is 0 Å².